The highest BCUT2D eigenvalue weighted by Crippen LogP contribution is 2.31. The topological polar surface area (TPSA) is 73.6 Å². The third-order valence-corrected chi connectivity index (χ3v) is 3.83. The van der Waals surface area contributed by atoms with Crippen LogP contribution in [0.3, 0.4) is 0 Å². The number of carbonyl (C=O) groups is 1. The molecule has 0 aliphatic heterocycles. The van der Waals surface area contributed by atoms with E-state index in [1.54, 1.807) is 13.2 Å². The fourth-order valence-electron chi connectivity index (χ4n) is 2.72. The van der Waals surface area contributed by atoms with Crippen molar-refractivity contribution >= 4 is 11.6 Å². The average Bonchev–Trinajstić information content (AvgIpc) is 2.49. The highest BCUT2D eigenvalue weighted by atomic mass is 16.5. The number of nitrogens with one attached hydrogen (secondary N) is 1. The molecule has 2 unspecified atom stereocenters. The van der Waals surface area contributed by atoms with Gasteiger partial charge < -0.3 is 20.5 Å². The Morgan fingerprint density at radius 3 is 2.90 bits per heavy atom. The second kappa shape index (κ2) is 7.31. The number of ether oxygens (including phenoxy) is 2. The number of hydrogen-bond acceptors (Lipinski definition) is 4. The van der Waals surface area contributed by atoms with Gasteiger partial charge >= 0.3 is 0 Å². The van der Waals surface area contributed by atoms with E-state index in [9.17, 15) is 4.79 Å². The monoisotopic (exact) mass is 292 g/mol. The van der Waals surface area contributed by atoms with Crippen LogP contribution in [0.1, 0.15) is 32.6 Å². The number of carbonyl (C=O) groups excluding carboxylic acids is 1. The van der Waals surface area contributed by atoms with Crippen molar-refractivity contribution in [2.45, 2.75) is 38.6 Å². The summed E-state index contributed by atoms with van der Waals surface area (Å²) in [5.74, 6) is 1.34. The van der Waals surface area contributed by atoms with E-state index in [2.05, 4.69) is 5.32 Å². The third kappa shape index (κ3) is 4.11. The van der Waals surface area contributed by atoms with Crippen LogP contribution >= 0.6 is 0 Å². The lowest BCUT2D eigenvalue weighted by Crippen LogP contribution is -2.34. The second-order valence-electron chi connectivity index (χ2n) is 5.41. The molecule has 1 amide bonds. The van der Waals surface area contributed by atoms with Gasteiger partial charge in [0.25, 0.3) is 0 Å². The zero-order valence-electron chi connectivity index (χ0n) is 12.7. The summed E-state index contributed by atoms with van der Waals surface area (Å²) in [5, 5.41) is 2.96. The van der Waals surface area contributed by atoms with E-state index in [1.165, 1.54) is 0 Å². The predicted molar refractivity (Wildman–Crippen MR) is 82.7 cm³/mol. The van der Waals surface area contributed by atoms with Gasteiger partial charge in [-0.05, 0) is 38.3 Å². The Hall–Kier alpha value is -1.75. The van der Waals surface area contributed by atoms with Crippen molar-refractivity contribution in [3.63, 3.8) is 0 Å². The van der Waals surface area contributed by atoms with Crippen LogP contribution in [0.5, 0.6) is 11.5 Å². The van der Waals surface area contributed by atoms with E-state index in [1.807, 2.05) is 19.1 Å². The minimum Gasteiger partial charge on any atom is -0.497 e. The molecular weight excluding hydrogens is 268 g/mol. The molecule has 0 spiro atoms. The molecule has 0 heterocycles. The Morgan fingerprint density at radius 2 is 2.24 bits per heavy atom. The molecule has 0 bridgehead atoms. The minimum absolute atomic E-state index is 0.0133. The first-order valence-electron chi connectivity index (χ1n) is 7.51. The van der Waals surface area contributed by atoms with Gasteiger partial charge in [-0.3, -0.25) is 4.79 Å². The van der Waals surface area contributed by atoms with Gasteiger partial charge in [-0.2, -0.15) is 0 Å². The van der Waals surface area contributed by atoms with Crippen molar-refractivity contribution in [1.82, 2.24) is 0 Å². The van der Waals surface area contributed by atoms with Gasteiger partial charge in [0.1, 0.15) is 11.5 Å². The standard InChI is InChI=1S/C16H24N2O3/c1-3-21-15-8-7-13(20-2)10-14(15)18-16(19)11-5-4-6-12(17)9-11/h7-8,10-12H,3-6,9,17H2,1-2H3,(H,18,19). The van der Waals surface area contributed by atoms with Crippen molar-refractivity contribution in [3.05, 3.63) is 18.2 Å². The molecule has 1 saturated carbocycles. The quantitative estimate of drug-likeness (QED) is 0.874. The maximum atomic E-state index is 12.4. The molecule has 1 aromatic rings. The number of methoxy groups -OCH3 is 1. The van der Waals surface area contributed by atoms with Crippen LogP contribution in [0.15, 0.2) is 18.2 Å². The summed E-state index contributed by atoms with van der Waals surface area (Å²) in [5.41, 5.74) is 6.61. The Kier molecular flexibility index (Phi) is 5.44. The molecule has 116 valence electrons. The summed E-state index contributed by atoms with van der Waals surface area (Å²) in [6.45, 7) is 2.46. The molecule has 1 aromatic carbocycles. The van der Waals surface area contributed by atoms with Crippen LogP contribution in [0.2, 0.25) is 0 Å². The summed E-state index contributed by atoms with van der Waals surface area (Å²) < 4.78 is 10.8. The molecule has 1 aliphatic rings. The molecule has 0 radical (unpaired) electrons. The molecule has 1 fully saturated rings. The van der Waals surface area contributed by atoms with Crippen molar-refractivity contribution in [2.24, 2.45) is 11.7 Å². The van der Waals surface area contributed by atoms with Gasteiger partial charge in [-0.1, -0.05) is 6.42 Å². The van der Waals surface area contributed by atoms with E-state index in [0.29, 0.717) is 23.8 Å². The maximum Gasteiger partial charge on any atom is 0.227 e. The lowest BCUT2D eigenvalue weighted by atomic mass is 9.85. The molecule has 0 aromatic heterocycles. The summed E-state index contributed by atoms with van der Waals surface area (Å²) in [6, 6.07) is 5.54. The molecule has 3 N–H and O–H groups in total. The number of amides is 1. The van der Waals surface area contributed by atoms with Crippen LogP contribution in [0.25, 0.3) is 0 Å². The molecule has 5 heteroatoms. The minimum atomic E-state index is -0.0190. The van der Waals surface area contributed by atoms with Gasteiger partial charge in [0.05, 0.1) is 19.4 Å². The zero-order chi connectivity index (χ0) is 15.2. The summed E-state index contributed by atoms with van der Waals surface area (Å²) >= 11 is 0. The number of hydrogen-bond donors (Lipinski definition) is 2. The van der Waals surface area contributed by atoms with Crippen molar-refractivity contribution in [3.8, 4) is 11.5 Å². The second-order valence-corrected chi connectivity index (χ2v) is 5.41. The van der Waals surface area contributed by atoms with Gasteiger partial charge in [0, 0.05) is 18.0 Å². The lowest BCUT2D eigenvalue weighted by Gasteiger charge is -2.26. The van der Waals surface area contributed by atoms with E-state index in [0.717, 1.165) is 25.7 Å². The van der Waals surface area contributed by atoms with Crippen LogP contribution in [-0.4, -0.2) is 25.7 Å². The van der Waals surface area contributed by atoms with E-state index in [-0.39, 0.29) is 17.9 Å². The molecule has 5 nitrogen and oxygen atoms in total. The maximum absolute atomic E-state index is 12.4. The zero-order valence-corrected chi connectivity index (χ0v) is 12.7. The number of rotatable bonds is 5. The largest absolute Gasteiger partial charge is 0.497 e. The smallest absolute Gasteiger partial charge is 0.227 e. The van der Waals surface area contributed by atoms with Gasteiger partial charge in [-0.15, -0.1) is 0 Å². The number of anilines is 1. The molecule has 0 saturated heterocycles. The highest BCUT2D eigenvalue weighted by molar-refractivity contribution is 5.94. The summed E-state index contributed by atoms with van der Waals surface area (Å²) in [7, 11) is 1.60. The van der Waals surface area contributed by atoms with Gasteiger partial charge in [-0.25, -0.2) is 0 Å². The predicted octanol–water partition coefficient (Wildman–Crippen LogP) is 2.55. The average molecular weight is 292 g/mol. The van der Waals surface area contributed by atoms with E-state index >= 15 is 0 Å². The van der Waals surface area contributed by atoms with Crippen LogP contribution in [-0.2, 0) is 4.79 Å². The normalized spacial score (nSPS) is 21.7. The number of benzene rings is 1. The van der Waals surface area contributed by atoms with Crippen molar-refractivity contribution in [2.75, 3.05) is 19.0 Å². The van der Waals surface area contributed by atoms with Crippen molar-refractivity contribution in [1.29, 1.82) is 0 Å². The van der Waals surface area contributed by atoms with E-state index in [4.69, 9.17) is 15.2 Å². The molecule has 2 atom stereocenters. The van der Waals surface area contributed by atoms with Crippen LogP contribution < -0.4 is 20.5 Å². The van der Waals surface area contributed by atoms with E-state index < -0.39 is 0 Å². The molecule has 21 heavy (non-hydrogen) atoms. The Balaban J connectivity index is 2.11. The first-order valence-corrected chi connectivity index (χ1v) is 7.51. The molecular formula is C16H24N2O3. The molecule has 1 aliphatic carbocycles. The van der Waals surface area contributed by atoms with Crippen LogP contribution in [0.4, 0.5) is 5.69 Å². The van der Waals surface area contributed by atoms with Gasteiger partial charge in [0.15, 0.2) is 0 Å². The molecule has 2 rings (SSSR count). The summed E-state index contributed by atoms with van der Waals surface area (Å²) in [4.78, 5) is 12.4. The Bertz CT molecular complexity index is 490. The first-order chi connectivity index (χ1) is 10.1. The lowest BCUT2D eigenvalue weighted by molar-refractivity contribution is -0.120. The fraction of sp³-hybridized carbons (Fsp3) is 0.562. The van der Waals surface area contributed by atoms with Crippen molar-refractivity contribution < 1.29 is 14.3 Å². The SMILES string of the molecule is CCOc1ccc(OC)cc1NC(=O)C1CCCC(N)C1. The fourth-order valence-corrected chi connectivity index (χ4v) is 2.72. The third-order valence-electron chi connectivity index (χ3n) is 3.83. The first kappa shape index (κ1) is 15.6. The van der Waals surface area contributed by atoms with Gasteiger partial charge in [0.2, 0.25) is 5.91 Å². The Labute approximate surface area is 125 Å². The highest BCUT2D eigenvalue weighted by Gasteiger charge is 2.26. The number of nitrogens with two attached hydrogens (primary N) is 1. The van der Waals surface area contributed by atoms with Crippen LogP contribution in [0, 0.1) is 5.92 Å². The Morgan fingerprint density at radius 1 is 1.43 bits per heavy atom. The summed E-state index contributed by atoms with van der Waals surface area (Å²) in [6.07, 6.45) is 3.66.